The van der Waals surface area contributed by atoms with Crippen LogP contribution in [0.15, 0.2) is 30.7 Å². The molecule has 9 heteroatoms. The van der Waals surface area contributed by atoms with Crippen molar-refractivity contribution in [3.8, 4) is 11.3 Å². The molecule has 5 heterocycles. The first-order valence-electron chi connectivity index (χ1n) is 10.4. The summed E-state index contributed by atoms with van der Waals surface area (Å²) in [7, 11) is 0. The number of nitrogens with zero attached hydrogens (tertiary/aromatic N) is 6. The first-order chi connectivity index (χ1) is 14.8. The van der Waals surface area contributed by atoms with E-state index in [0.717, 1.165) is 30.0 Å². The fourth-order valence-electron chi connectivity index (χ4n) is 4.02. The van der Waals surface area contributed by atoms with E-state index < -0.39 is 5.82 Å². The highest BCUT2D eigenvalue weighted by Gasteiger charge is 2.34. The van der Waals surface area contributed by atoms with E-state index in [4.69, 9.17) is 0 Å². The second-order valence-electron chi connectivity index (χ2n) is 8.49. The van der Waals surface area contributed by atoms with Crippen molar-refractivity contribution in [2.45, 2.75) is 33.7 Å². The number of carbonyl (C=O) groups excluding carboxylic acids is 1. The van der Waals surface area contributed by atoms with Gasteiger partial charge >= 0.3 is 0 Å². The van der Waals surface area contributed by atoms with Crippen LogP contribution in [0.5, 0.6) is 0 Å². The van der Waals surface area contributed by atoms with Gasteiger partial charge in [0.15, 0.2) is 17.3 Å². The first-order valence-corrected chi connectivity index (χ1v) is 10.4. The molecule has 0 spiro atoms. The molecular weight excluding hydrogens is 397 g/mol. The number of hydrogen-bond donors (Lipinski definition) is 1. The van der Waals surface area contributed by atoms with Crippen LogP contribution in [0.4, 0.5) is 10.2 Å². The van der Waals surface area contributed by atoms with Crippen molar-refractivity contribution in [1.82, 2.24) is 28.9 Å². The summed E-state index contributed by atoms with van der Waals surface area (Å²) in [4.78, 5) is 23.4. The van der Waals surface area contributed by atoms with Gasteiger partial charge in [0.25, 0.3) is 0 Å². The average molecular weight is 421 g/mol. The molecule has 1 saturated heterocycles. The number of aromatic nitrogens is 5. The van der Waals surface area contributed by atoms with Crippen LogP contribution in [-0.2, 0) is 4.79 Å². The van der Waals surface area contributed by atoms with E-state index in [-0.39, 0.29) is 17.5 Å². The standard InChI is InChI=1S/C22H24FN7O/c1-12(2)28-9-16(10-28)22(31)26-20-11-29-8-15(5-17(23)21(29)25-20)18-6-19-14(4)24-13(3)7-30(19)27-18/h5-8,11-12,16H,9-10H2,1-4H3,(H,26,31). The lowest BCUT2D eigenvalue weighted by atomic mass is 9.97. The third kappa shape index (κ3) is 3.44. The number of amides is 1. The largest absolute Gasteiger partial charge is 0.309 e. The van der Waals surface area contributed by atoms with Crippen molar-refractivity contribution in [1.29, 1.82) is 0 Å². The van der Waals surface area contributed by atoms with Crippen molar-refractivity contribution in [3.63, 3.8) is 0 Å². The molecule has 4 aromatic rings. The molecule has 5 rings (SSSR count). The number of imidazole rings is 1. The lowest BCUT2D eigenvalue weighted by molar-refractivity contribution is -0.125. The van der Waals surface area contributed by atoms with E-state index in [9.17, 15) is 9.18 Å². The summed E-state index contributed by atoms with van der Waals surface area (Å²) < 4.78 is 18.2. The smallest absolute Gasteiger partial charge is 0.231 e. The van der Waals surface area contributed by atoms with Crippen molar-refractivity contribution in [3.05, 3.63) is 47.9 Å². The van der Waals surface area contributed by atoms with Crippen LogP contribution in [0, 0.1) is 25.6 Å². The summed E-state index contributed by atoms with van der Waals surface area (Å²) in [5, 5.41) is 7.39. The number of fused-ring (bicyclic) bond motifs is 2. The molecule has 160 valence electrons. The number of halogens is 1. The van der Waals surface area contributed by atoms with Gasteiger partial charge in [-0.05, 0) is 39.8 Å². The lowest BCUT2D eigenvalue weighted by Crippen LogP contribution is -2.54. The molecule has 4 aromatic heterocycles. The van der Waals surface area contributed by atoms with Gasteiger partial charge in [0.05, 0.1) is 40.9 Å². The third-order valence-corrected chi connectivity index (χ3v) is 5.82. The number of pyridine rings is 1. The van der Waals surface area contributed by atoms with Crippen molar-refractivity contribution in [2.24, 2.45) is 5.92 Å². The number of carbonyl (C=O) groups is 1. The molecule has 1 aliphatic rings. The Morgan fingerprint density at radius 2 is 1.94 bits per heavy atom. The van der Waals surface area contributed by atoms with E-state index in [1.807, 2.05) is 26.1 Å². The Kier molecular flexibility index (Phi) is 4.51. The summed E-state index contributed by atoms with van der Waals surface area (Å²) in [6.45, 7) is 9.51. The molecular formula is C22H24FN7O. The highest BCUT2D eigenvalue weighted by molar-refractivity contribution is 5.93. The average Bonchev–Trinajstić information content (AvgIpc) is 3.24. The van der Waals surface area contributed by atoms with Gasteiger partial charge in [-0.3, -0.25) is 14.7 Å². The molecule has 0 aliphatic carbocycles. The predicted molar refractivity (Wildman–Crippen MR) is 115 cm³/mol. The minimum absolute atomic E-state index is 0.0640. The molecule has 8 nitrogen and oxygen atoms in total. The number of likely N-dealkylation sites (tertiary alicyclic amines) is 1. The fourth-order valence-corrected chi connectivity index (χ4v) is 4.02. The van der Waals surface area contributed by atoms with Gasteiger partial charge in [0.2, 0.25) is 5.91 Å². The summed E-state index contributed by atoms with van der Waals surface area (Å²) >= 11 is 0. The zero-order chi connectivity index (χ0) is 21.9. The van der Waals surface area contributed by atoms with Crippen LogP contribution in [0.3, 0.4) is 0 Å². The quantitative estimate of drug-likeness (QED) is 0.548. The molecule has 0 unspecified atom stereocenters. The van der Waals surface area contributed by atoms with Gasteiger partial charge in [-0.15, -0.1) is 0 Å². The molecule has 31 heavy (non-hydrogen) atoms. The van der Waals surface area contributed by atoms with Crippen LogP contribution in [0.1, 0.15) is 25.2 Å². The van der Waals surface area contributed by atoms with E-state index >= 15 is 0 Å². The monoisotopic (exact) mass is 421 g/mol. The topological polar surface area (TPSA) is 79.8 Å². The Bertz CT molecular complexity index is 1320. The molecule has 0 aromatic carbocycles. The number of nitrogens with one attached hydrogen (secondary N) is 1. The van der Waals surface area contributed by atoms with Gasteiger partial charge in [-0.25, -0.2) is 13.9 Å². The van der Waals surface area contributed by atoms with Gasteiger partial charge < -0.3 is 9.72 Å². The molecule has 1 amide bonds. The summed E-state index contributed by atoms with van der Waals surface area (Å²) in [6, 6.07) is 3.73. The Hall–Kier alpha value is -3.33. The second kappa shape index (κ2) is 7.12. The van der Waals surface area contributed by atoms with Crippen LogP contribution >= 0.6 is 0 Å². The lowest BCUT2D eigenvalue weighted by Gasteiger charge is -2.40. The first kappa shape index (κ1) is 19.6. The summed E-state index contributed by atoms with van der Waals surface area (Å²) in [5.74, 6) is -0.282. The Labute approximate surface area is 178 Å². The predicted octanol–water partition coefficient (Wildman–Crippen LogP) is 3.08. The number of hydrogen-bond acceptors (Lipinski definition) is 5. The molecule has 0 atom stereocenters. The van der Waals surface area contributed by atoms with Crippen molar-refractivity contribution in [2.75, 3.05) is 18.4 Å². The number of rotatable bonds is 4. The van der Waals surface area contributed by atoms with Gasteiger partial charge in [-0.2, -0.15) is 5.10 Å². The van der Waals surface area contributed by atoms with Crippen molar-refractivity contribution < 1.29 is 9.18 Å². The van der Waals surface area contributed by atoms with Crippen LogP contribution in [0.2, 0.25) is 0 Å². The molecule has 1 N–H and O–H groups in total. The molecule has 1 aliphatic heterocycles. The van der Waals surface area contributed by atoms with Crippen LogP contribution < -0.4 is 5.32 Å². The zero-order valence-corrected chi connectivity index (χ0v) is 17.9. The SMILES string of the molecule is Cc1cn2nc(-c3cc(F)c4nc(NC(=O)C5CN(C(C)C)C5)cn4c3)cc2c(C)n1. The minimum atomic E-state index is -0.476. The van der Waals surface area contributed by atoms with E-state index in [0.29, 0.717) is 23.1 Å². The van der Waals surface area contributed by atoms with Crippen LogP contribution in [-0.4, -0.2) is 53.9 Å². The summed E-state index contributed by atoms with van der Waals surface area (Å²) in [6.07, 6.45) is 5.24. The van der Waals surface area contributed by atoms with Gasteiger partial charge in [0.1, 0.15) is 0 Å². The minimum Gasteiger partial charge on any atom is -0.309 e. The molecule has 0 radical (unpaired) electrons. The fraction of sp³-hybridized carbons (Fsp3) is 0.364. The second-order valence-corrected chi connectivity index (χ2v) is 8.49. The van der Waals surface area contributed by atoms with E-state index in [2.05, 4.69) is 39.1 Å². The van der Waals surface area contributed by atoms with E-state index in [1.165, 1.54) is 6.07 Å². The highest BCUT2D eigenvalue weighted by atomic mass is 19.1. The zero-order valence-electron chi connectivity index (χ0n) is 17.9. The molecule has 0 saturated carbocycles. The maximum Gasteiger partial charge on any atom is 0.231 e. The summed E-state index contributed by atoms with van der Waals surface area (Å²) in [5.41, 5.74) is 4.01. The van der Waals surface area contributed by atoms with E-state index in [1.54, 1.807) is 21.3 Å². The van der Waals surface area contributed by atoms with Gasteiger partial charge in [-0.1, -0.05) is 0 Å². The number of aryl methyl sites for hydroxylation is 2. The number of anilines is 1. The third-order valence-electron chi connectivity index (χ3n) is 5.82. The molecule has 1 fully saturated rings. The Morgan fingerprint density at radius 3 is 2.68 bits per heavy atom. The Balaban J connectivity index is 1.42. The van der Waals surface area contributed by atoms with Crippen LogP contribution in [0.25, 0.3) is 22.4 Å². The van der Waals surface area contributed by atoms with Crippen molar-refractivity contribution >= 4 is 22.9 Å². The normalized spacial score (nSPS) is 15.2. The van der Waals surface area contributed by atoms with Gasteiger partial charge in [0, 0.05) is 30.9 Å². The highest BCUT2D eigenvalue weighted by Crippen LogP contribution is 2.25. The molecule has 0 bridgehead atoms. The Morgan fingerprint density at radius 1 is 1.16 bits per heavy atom. The maximum absolute atomic E-state index is 14.8. The maximum atomic E-state index is 14.8.